The van der Waals surface area contributed by atoms with Crippen LogP contribution in [-0.4, -0.2) is 25.5 Å². The van der Waals surface area contributed by atoms with Crippen LogP contribution >= 0.6 is 0 Å². The number of carbonyl (C=O) groups excluding carboxylic acids is 1. The molecule has 0 heterocycles. The van der Waals surface area contributed by atoms with E-state index in [0.717, 1.165) is 6.54 Å². The van der Waals surface area contributed by atoms with Gasteiger partial charge in [-0.3, -0.25) is 4.79 Å². The van der Waals surface area contributed by atoms with Crippen LogP contribution in [0.3, 0.4) is 0 Å². The zero-order chi connectivity index (χ0) is 13.8. The van der Waals surface area contributed by atoms with Crippen LogP contribution < -0.4 is 10.6 Å². The normalized spacial score (nSPS) is 20.3. The maximum Gasteiger partial charge on any atom is 0.221 e. The van der Waals surface area contributed by atoms with Gasteiger partial charge in [-0.25, -0.2) is 0 Å². The fourth-order valence-electron chi connectivity index (χ4n) is 2.88. The lowest BCUT2D eigenvalue weighted by atomic mass is 9.98. The summed E-state index contributed by atoms with van der Waals surface area (Å²) >= 11 is 0. The highest BCUT2D eigenvalue weighted by Crippen LogP contribution is 2.16. The third-order valence-corrected chi connectivity index (χ3v) is 4.17. The number of amides is 1. The first-order valence-electron chi connectivity index (χ1n) is 8.27. The molecule has 0 aromatic rings. The Bertz CT molecular complexity index is 219. The van der Waals surface area contributed by atoms with E-state index in [1.54, 1.807) is 7.05 Å². The van der Waals surface area contributed by atoms with Crippen LogP contribution in [0.25, 0.3) is 0 Å². The highest BCUT2D eigenvalue weighted by molar-refractivity contribution is 5.75. The average Bonchev–Trinajstić information content (AvgIpc) is 2.41. The smallest absolute Gasteiger partial charge is 0.221 e. The molecule has 0 aromatic heterocycles. The first-order valence-corrected chi connectivity index (χ1v) is 8.27. The molecule has 1 aliphatic carbocycles. The summed E-state index contributed by atoms with van der Waals surface area (Å²) in [6, 6.07) is 0.629. The first kappa shape index (κ1) is 16.5. The summed E-state index contributed by atoms with van der Waals surface area (Å²) in [5.41, 5.74) is 0. The molecule has 1 amide bonds. The van der Waals surface area contributed by atoms with E-state index in [0.29, 0.717) is 12.5 Å². The van der Waals surface area contributed by atoms with Crippen molar-refractivity contribution in [2.75, 3.05) is 13.6 Å². The Balaban J connectivity index is 2.20. The van der Waals surface area contributed by atoms with Gasteiger partial charge in [0.15, 0.2) is 0 Å². The predicted molar refractivity (Wildman–Crippen MR) is 81.3 cm³/mol. The molecule has 1 aliphatic rings. The molecule has 2 N–H and O–H groups in total. The topological polar surface area (TPSA) is 41.1 Å². The van der Waals surface area contributed by atoms with Crippen LogP contribution in [0.2, 0.25) is 0 Å². The van der Waals surface area contributed by atoms with E-state index in [1.807, 2.05) is 0 Å². The number of nitrogens with one attached hydrogen (secondary N) is 2. The standard InChI is InChI=1S/C16H32N2O/c1-17-16(19)13-14-18-15-11-9-7-5-3-2-4-6-8-10-12-15/h15,18H,2-14H2,1H3,(H,17,19). The SMILES string of the molecule is CNC(=O)CCNC1CCCCCCCCCCC1. The van der Waals surface area contributed by atoms with Gasteiger partial charge in [-0.1, -0.05) is 57.8 Å². The Kier molecular flexibility index (Phi) is 9.78. The van der Waals surface area contributed by atoms with Gasteiger partial charge in [-0.05, 0) is 12.8 Å². The largest absolute Gasteiger partial charge is 0.359 e. The van der Waals surface area contributed by atoms with Gasteiger partial charge in [0.2, 0.25) is 5.91 Å². The molecule has 0 radical (unpaired) electrons. The van der Waals surface area contributed by atoms with E-state index in [2.05, 4.69) is 10.6 Å². The number of hydrogen-bond acceptors (Lipinski definition) is 2. The lowest BCUT2D eigenvalue weighted by molar-refractivity contribution is -0.120. The Hall–Kier alpha value is -0.570. The lowest BCUT2D eigenvalue weighted by Gasteiger charge is -2.19. The molecule has 0 bridgehead atoms. The Morgan fingerprint density at radius 3 is 1.84 bits per heavy atom. The molecule has 3 heteroatoms. The molecule has 0 unspecified atom stereocenters. The van der Waals surface area contributed by atoms with Gasteiger partial charge < -0.3 is 10.6 Å². The minimum absolute atomic E-state index is 0.139. The molecule has 19 heavy (non-hydrogen) atoms. The van der Waals surface area contributed by atoms with Crippen molar-refractivity contribution in [1.29, 1.82) is 0 Å². The van der Waals surface area contributed by atoms with E-state index < -0.39 is 0 Å². The predicted octanol–water partition coefficient (Wildman–Crippen LogP) is 3.39. The summed E-state index contributed by atoms with van der Waals surface area (Å²) in [7, 11) is 1.71. The second-order valence-electron chi connectivity index (χ2n) is 5.83. The average molecular weight is 268 g/mol. The molecule has 1 fully saturated rings. The van der Waals surface area contributed by atoms with Gasteiger partial charge in [-0.2, -0.15) is 0 Å². The van der Waals surface area contributed by atoms with E-state index in [4.69, 9.17) is 0 Å². The minimum Gasteiger partial charge on any atom is -0.359 e. The summed E-state index contributed by atoms with van der Waals surface area (Å²) in [6.07, 6.45) is 15.7. The fraction of sp³-hybridized carbons (Fsp3) is 0.938. The Morgan fingerprint density at radius 1 is 0.895 bits per heavy atom. The van der Waals surface area contributed by atoms with Crippen molar-refractivity contribution < 1.29 is 4.79 Å². The van der Waals surface area contributed by atoms with E-state index in [9.17, 15) is 4.79 Å². The molecule has 3 nitrogen and oxygen atoms in total. The van der Waals surface area contributed by atoms with Gasteiger partial charge in [0.1, 0.15) is 0 Å². The second-order valence-corrected chi connectivity index (χ2v) is 5.83. The summed E-state index contributed by atoms with van der Waals surface area (Å²) < 4.78 is 0. The van der Waals surface area contributed by atoms with Crippen LogP contribution in [0.15, 0.2) is 0 Å². The van der Waals surface area contributed by atoms with E-state index >= 15 is 0 Å². The molecule has 0 saturated heterocycles. The zero-order valence-electron chi connectivity index (χ0n) is 12.7. The maximum absolute atomic E-state index is 11.2. The van der Waals surface area contributed by atoms with Gasteiger partial charge >= 0.3 is 0 Å². The molecule has 0 spiro atoms. The number of rotatable bonds is 4. The van der Waals surface area contributed by atoms with Gasteiger partial charge in [-0.15, -0.1) is 0 Å². The van der Waals surface area contributed by atoms with Crippen molar-refractivity contribution in [3.8, 4) is 0 Å². The number of hydrogen-bond donors (Lipinski definition) is 2. The fourth-order valence-corrected chi connectivity index (χ4v) is 2.88. The summed E-state index contributed by atoms with van der Waals surface area (Å²) in [6.45, 7) is 0.824. The zero-order valence-corrected chi connectivity index (χ0v) is 12.7. The quantitative estimate of drug-likeness (QED) is 0.820. The van der Waals surface area contributed by atoms with Gasteiger partial charge in [0, 0.05) is 26.1 Å². The maximum atomic E-state index is 11.2. The highest BCUT2D eigenvalue weighted by Gasteiger charge is 2.09. The van der Waals surface area contributed by atoms with Crippen molar-refractivity contribution in [3.05, 3.63) is 0 Å². The van der Waals surface area contributed by atoms with E-state index in [1.165, 1.54) is 70.6 Å². The van der Waals surface area contributed by atoms with Crippen LogP contribution in [0.4, 0.5) is 0 Å². The molecular formula is C16H32N2O. The summed E-state index contributed by atoms with van der Waals surface area (Å²) in [5.74, 6) is 0.139. The van der Waals surface area contributed by atoms with Crippen molar-refractivity contribution in [2.45, 2.75) is 83.1 Å². The Morgan fingerprint density at radius 2 is 1.37 bits per heavy atom. The lowest BCUT2D eigenvalue weighted by Crippen LogP contribution is -2.33. The van der Waals surface area contributed by atoms with Crippen LogP contribution in [0.5, 0.6) is 0 Å². The highest BCUT2D eigenvalue weighted by atomic mass is 16.1. The molecule has 1 saturated carbocycles. The van der Waals surface area contributed by atoms with Crippen LogP contribution in [0.1, 0.15) is 77.0 Å². The summed E-state index contributed by atoms with van der Waals surface area (Å²) in [5, 5.41) is 6.26. The van der Waals surface area contributed by atoms with Crippen molar-refractivity contribution >= 4 is 5.91 Å². The third kappa shape index (κ3) is 9.04. The van der Waals surface area contributed by atoms with Crippen molar-refractivity contribution in [1.82, 2.24) is 10.6 Å². The Labute approximate surface area is 118 Å². The van der Waals surface area contributed by atoms with E-state index in [-0.39, 0.29) is 5.91 Å². The van der Waals surface area contributed by atoms with Gasteiger partial charge in [0.25, 0.3) is 0 Å². The first-order chi connectivity index (χ1) is 9.33. The molecule has 0 aromatic carbocycles. The van der Waals surface area contributed by atoms with Crippen molar-refractivity contribution in [3.63, 3.8) is 0 Å². The minimum atomic E-state index is 0.139. The van der Waals surface area contributed by atoms with Gasteiger partial charge in [0.05, 0.1) is 0 Å². The summed E-state index contributed by atoms with van der Waals surface area (Å²) in [4.78, 5) is 11.2. The van der Waals surface area contributed by atoms with Crippen LogP contribution in [0, 0.1) is 0 Å². The van der Waals surface area contributed by atoms with Crippen molar-refractivity contribution in [2.24, 2.45) is 0 Å². The molecule has 1 rings (SSSR count). The molecule has 112 valence electrons. The van der Waals surface area contributed by atoms with Crippen LogP contribution in [-0.2, 0) is 4.79 Å². The third-order valence-electron chi connectivity index (χ3n) is 4.17. The second kappa shape index (κ2) is 11.3. The monoisotopic (exact) mass is 268 g/mol. The molecule has 0 atom stereocenters. The molecular weight excluding hydrogens is 236 g/mol. The number of carbonyl (C=O) groups is 1. The molecule has 0 aliphatic heterocycles.